The van der Waals surface area contributed by atoms with Gasteiger partial charge in [0, 0.05) is 10.9 Å². The topological polar surface area (TPSA) is 85.6 Å². The number of hydrogen-bond donors (Lipinski definition) is 1. The molecule has 1 N–H and O–H groups in total. The first kappa shape index (κ1) is 24.6. The average Bonchev–Trinajstić information content (AvgIpc) is 2.84. The van der Waals surface area contributed by atoms with Crippen molar-refractivity contribution < 1.29 is 13.9 Å². The molecule has 7 nitrogen and oxygen atoms in total. The summed E-state index contributed by atoms with van der Waals surface area (Å²) in [6.45, 7) is 1.54. The van der Waals surface area contributed by atoms with E-state index in [4.69, 9.17) is 16.3 Å². The third kappa shape index (κ3) is 5.75. The molecule has 35 heavy (non-hydrogen) atoms. The summed E-state index contributed by atoms with van der Waals surface area (Å²) < 4.78 is 21.2. The van der Waals surface area contributed by atoms with E-state index in [2.05, 4.69) is 31.3 Å². The number of ether oxygens (including phenoxy) is 1. The molecule has 1 amide bonds. The molecule has 0 unspecified atom stereocenters. The van der Waals surface area contributed by atoms with Gasteiger partial charge in [-0.15, -0.1) is 0 Å². The van der Waals surface area contributed by atoms with Gasteiger partial charge in [-0.05, 0) is 54.1 Å². The van der Waals surface area contributed by atoms with Crippen LogP contribution >= 0.6 is 27.5 Å². The van der Waals surface area contributed by atoms with E-state index in [1.54, 1.807) is 36.4 Å². The van der Waals surface area contributed by atoms with E-state index in [1.165, 1.54) is 29.1 Å². The van der Waals surface area contributed by atoms with Crippen molar-refractivity contribution in [3.63, 3.8) is 0 Å². The summed E-state index contributed by atoms with van der Waals surface area (Å²) in [5.41, 5.74) is 0.999. The second kappa shape index (κ2) is 10.8. The number of nitrogens with one attached hydrogen (secondary N) is 1. The molecule has 0 fully saturated rings. The number of fused-ring (bicyclic) bond motifs is 1. The molecule has 0 spiro atoms. The zero-order valence-electron chi connectivity index (χ0n) is 18.5. The van der Waals surface area contributed by atoms with E-state index >= 15 is 0 Å². The van der Waals surface area contributed by atoms with Crippen molar-refractivity contribution in [2.45, 2.75) is 13.3 Å². The summed E-state index contributed by atoms with van der Waals surface area (Å²) in [5, 5.41) is 7.46. The van der Waals surface area contributed by atoms with Gasteiger partial charge in [0.1, 0.15) is 17.4 Å². The molecular formula is C25H19BrClFN4O3. The van der Waals surface area contributed by atoms with Gasteiger partial charge in [0.15, 0.2) is 6.61 Å². The number of aromatic nitrogens is 2. The van der Waals surface area contributed by atoms with Gasteiger partial charge in [-0.2, -0.15) is 9.78 Å². The Kier molecular flexibility index (Phi) is 7.57. The zero-order valence-corrected chi connectivity index (χ0v) is 20.8. The van der Waals surface area contributed by atoms with Crippen LogP contribution in [0.2, 0.25) is 5.02 Å². The summed E-state index contributed by atoms with van der Waals surface area (Å²) >= 11 is 9.68. The predicted octanol–water partition coefficient (Wildman–Crippen LogP) is 5.41. The van der Waals surface area contributed by atoms with Crippen molar-refractivity contribution in [1.82, 2.24) is 9.66 Å². The van der Waals surface area contributed by atoms with Crippen molar-refractivity contribution >= 4 is 56.2 Å². The van der Waals surface area contributed by atoms with E-state index in [-0.39, 0.29) is 28.6 Å². The Morgan fingerprint density at radius 3 is 2.77 bits per heavy atom. The lowest BCUT2D eigenvalue weighted by Crippen LogP contribution is -2.22. The average molecular weight is 558 g/mol. The molecule has 0 aliphatic rings. The maximum Gasteiger partial charge on any atom is 0.282 e. The van der Waals surface area contributed by atoms with Crippen molar-refractivity contribution in [2.24, 2.45) is 5.10 Å². The van der Waals surface area contributed by atoms with E-state index in [1.807, 2.05) is 13.0 Å². The van der Waals surface area contributed by atoms with Crippen LogP contribution in [0.4, 0.5) is 10.1 Å². The van der Waals surface area contributed by atoms with E-state index in [0.717, 1.165) is 4.47 Å². The Labute approximate surface area is 213 Å². The minimum absolute atomic E-state index is 0.0657. The monoisotopic (exact) mass is 556 g/mol. The fourth-order valence-corrected chi connectivity index (χ4v) is 3.88. The number of carbonyl (C=O) groups is 1. The second-order valence-corrected chi connectivity index (χ2v) is 8.73. The quantitative estimate of drug-likeness (QED) is 0.308. The molecule has 0 saturated heterocycles. The number of amides is 1. The lowest BCUT2D eigenvalue weighted by Gasteiger charge is -2.10. The van der Waals surface area contributed by atoms with E-state index in [9.17, 15) is 14.0 Å². The minimum atomic E-state index is -0.540. The summed E-state index contributed by atoms with van der Waals surface area (Å²) in [6, 6.07) is 16.0. The van der Waals surface area contributed by atoms with Gasteiger partial charge in [-0.25, -0.2) is 9.37 Å². The predicted molar refractivity (Wildman–Crippen MR) is 138 cm³/mol. The molecule has 0 bridgehead atoms. The minimum Gasteiger partial charge on any atom is -0.482 e. The molecule has 178 valence electrons. The zero-order chi connectivity index (χ0) is 24.9. The molecular weight excluding hydrogens is 539 g/mol. The Bertz CT molecular complexity index is 1510. The SMILES string of the molecule is CCc1nc2ccc(Br)cc2c(=O)n1N=Cc1ccc(OCC(=O)Nc2ccccc2F)c(Cl)c1. The number of hydrogen-bond acceptors (Lipinski definition) is 5. The third-order valence-electron chi connectivity index (χ3n) is 4.98. The number of carbonyl (C=O) groups excluding carboxylic acids is 1. The number of nitrogens with zero attached hydrogens (tertiary/aromatic N) is 3. The van der Waals surface area contributed by atoms with Crippen LogP contribution in [0.5, 0.6) is 5.75 Å². The number of rotatable bonds is 7. The van der Waals surface area contributed by atoms with E-state index < -0.39 is 11.7 Å². The fraction of sp³-hybridized carbons (Fsp3) is 0.120. The van der Waals surface area contributed by atoms with E-state index in [0.29, 0.717) is 28.7 Å². The van der Waals surface area contributed by atoms with Crippen molar-refractivity contribution in [3.8, 4) is 5.75 Å². The number of aryl methyl sites for hydroxylation is 1. The van der Waals surface area contributed by atoms with Gasteiger partial charge in [-0.3, -0.25) is 9.59 Å². The summed E-state index contributed by atoms with van der Waals surface area (Å²) in [5.74, 6) is -0.273. The standard InChI is InChI=1S/C25H19BrClFN4O3/c1-2-23-30-20-9-8-16(26)12-17(20)25(34)32(23)29-13-15-7-10-22(18(27)11-15)35-14-24(33)31-21-6-4-3-5-19(21)28/h3-13H,2,14H2,1H3,(H,31,33). The third-order valence-corrected chi connectivity index (χ3v) is 5.77. The van der Waals surface area contributed by atoms with Gasteiger partial charge >= 0.3 is 0 Å². The molecule has 1 aromatic heterocycles. The van der Waals surface area contributed by atoms with Gasteiger partial charge in [0.2, 0.25) is 0 Å². The van der Waals surface area contributed by atoms with Crippen molar-refractivity contribution in [2.75, 3.05) is 11.9 Å². The molecule has 0 aliphatic heterocycles. The lowest BCUT2D eigenvalue weighted by molar-refractivity contribution is -0.118. The molecule has 0 saturated carbocycles. The number of halogens is 3. The number of anilines is 1. The molecule has 3 aromatic carbocycles. The normalized spacial score (nSPS) is 11.2. The molecule has 10 heteroatoms. The molecule has 4 rings (SSSR count). The highest BCUT2D eigenvalue weighted by atomic mass is 79.9. The lowest BCUT2D eigenvalue weighted by atomic mass is 10.2. The largest absolute Gasteiger partial charge is 0.482 e. The van der Waals surface area contributed by atoms with Gasteiger partial charge < -0.3 is 10.1 Å². The number of benzene rings is 3. The molecule has 0 radical (unpaired) electrons. The van der Waals surface area contributed by atoms with Crippen molar-refractivity contribution in [1.29, 1.82) is 0 Å². The number of para-hydroxylation sites is 1. The highest BCUT2D eigenvalue weighted by Gasteiger charge is 2.11. The fourth-order valence-electron chi connectivity index (χ4n) is 3.27. The Balaban J connectivity index is 1.49. The molecule has 0 aliphatic carbocycles. The van der Waals surface area contributed by atoms with Crippen molar-refractivity contribution in [3.05, 3.63) is 97.7 Å². The highest BCUT2D eigenvalue weighted by Crippen LogP contribution is 2.25. The highest BCUT2D eigenvalue weighted by molar-refractivity contribution is 9.10. The summed E-state index contributed by atoms with van der Waals surface area (Å²) in [4.78, 5) is 29.6. The van der Waals surface area contributed by atoms with Crippen LogP contribution in [0.3, 0.4) is 0 Å². The molecule has 4 aromatic rings. The first-order valence-electron chi connectivity index (χ1n) is 10.6. The second-order valence-electron chi connectivity index (χ2n) is 7.41. The van der Waals surface area contributed by atoms with Crippen LogP contribution in [0.1, 0.15) is 18.3 Å². The maximum atomic E-state index is 13.7. The van der Waals surface area contributed by atoms with Gasteiger partial charge in [0.05, 0.1) is 27.8 Å². The Morgan fingerprint density at radius 1 is 1.23 bits per heavy atom. The van der Waals surface area contributed by atoms with Gasteiger partial charge in [-0.1, -0.05) is 46.6 Å². The molecule has 0 atom stereocenters. The Hall–Kier alpha value is -3.56. The van der Waals surface area contributed by atoms with Crippen LogP contribution in [0.15, 0.2) is 75.0 Å². The first-order chi connectivity index (χ1) is 16.9. The molecule has 1 heterocycles. The van der Waals surface area contributed by atoms with Crippen LogP contribution in [-0.4, -0.2) is 28.4 Å². The van der Waals surface area contributed by atoms with Crippen LogP contribution in [0, 0.1) is 5.82 Å². The maximum absolute atomic E-state index is 13.7. The smallest absolute Gasteiger partial charge is 0.282 e. The summed E-state index contributed by atoms with van der Waals surface area (Å²) in [6.07, 6.45) is 2.01. The van der Waals surface area contributed by atoms with Gasteiger partial charge in [0.25, 0.3) is 11.5 Å². The van der Waals surface area contributed by atoms with Crippen LogP contribution in [0.25, 0.3) is 10.9 Å². The summed E-state index contributed by atoms with van der Waals surface area (Å²) in [7, 11) is 0. The first-order valence-corrected chi connectivity index (χ1v) is 11.7. The van der Waals surface area contributed by atoms with Crippen LogP contribution in [-0.2, 0) is 11.2 Å². The van der Waals surface area contributed by atoms with Crippen LogP contribution < -0.4 is 15.6 Å². The Morgan fingerprint density at radius 2 is 2.03 bits per heavy atom.